The van der Waals surface area contributed by atoms with Crippen molar-refractivity contribution in [3.05, 3.63) is 52.6 Å². The van der Waals surface area contributed by atoms with E-state index in [2.05, 4.69) is 53.5 Å². The van der Waals surface area contributed by atoms with Gasteiger partial charge in [0.15, 0.2) is 5.15 Å². The van der Waals surface area contributed by atoms with Gasteiger partial charge in [-0.3, -0.25) is 4.79 Å². The molecule has 0 bridgehead atoms. The molecule has 0 aliphatic rings. The fraction of sp³-hybridized carbons (Fsp3) is 0.524. The number of unbranched alkanes of at least 4 members (excludes halogenated alkanes) is 1. The third kappa shape index (κ3) is 6.01. The Kier molecular flexibility index (Phi) is 8.71. The minimum absolute atomic E-state index is 0.0636. The van der Waals surface area contributed by atoms with Crippen LogP contribution in [0.4, 0.5) is 0 Å². The van der Waals surface area contributed by atoms with Crippen molar-refractivity contribution in [2.24, 2.45) is 5.92 Å². The summed E-state index contributed by atoms with van der Waals surface area (Å²) in [6.45, 7) is 7.31. The molecule has 0 aliphatic heterocycles. The maximum atomic E-state index is 12.4. The van der Waals surface area contributed by atoms with Crippen molar-refractivity contribution >= 4 is 30.1 Å². The second-order valence-electron chi connectivity index (χ2n) is 6.99. The lowest BCUT2D eigenvalue weighted by molar-refractivity contribution is -0.121. The number of rotatable bonds is 10. The van der Waals surface area contributed by atoms with Crippen LogP contribution in [-0.4, -0.2) is 20.7 Å². The summed E-state index contributed by atoms with van der Waals surface area (Å²) in [4.78, 5) is 17.0. The quantitative estimate of drug-likeness (QED) is 0.551. The lowest BCUT2D eigenvalue weighted by Crippen LogP contribution is -2.35. The molecule has 148 valence electrons. The van der Waals surface area contributed by atoms with Crippen molar-refractivity contribution in [1.29, 1.82) is 0 Å². The van der Waals surface area contributed by atoms with E-state index in [0.29, 0.717) is 18.2 Å². The van der Waals surface area contributed by atoms with E-state index in [9.17, 15) is 4.79 Å². The van der Waals surface area contributed by atoms with E-state index in [4.69, 9.17) is 11.6 Å². The van der Waals surface area contributed by atoms with Crippen molar-refractivity contribution in [3.63, 3.8) is 0 Å². The van der Waals surface area contributed by atoms with E-state index in [1.807, 2.05) is 25.1 Å². The normalized spacial score (nSPS) is 13.4. The molecular formula is C21H30ClN3OS. The molecule has 2 unspecified atom stereocenters. The minimum atomic E-state index is -0.321. The van der Waals surface area contributed by atoms with Crippen molar-refractivity contribution < 1.29 is 4.79 Å². The number of carbonyl (C=O) groups is 1. The molecule has 27 heavy (non-hydrogen) atoms. The number of thiol groups is 1. The topological polar surface area (TPSA) is 46.9 Å². The van der Waals surface area contributed by atoms with Crippen LogP contribution in [0.1, 0.15) is 57.1 Å². The van der Waals surface area contributed by atoms with Crippen molar-refractivity contribution in [3.8, 4) is 0 Å². The third-order valence-corrected chi connectivity index (χ3v) is 5.97. The average Bonchev–Trinajstić information content (AvgIpc) is 2.98. The van der Waals surface area contributed by atoms with Crippen LogP contribution in [0.25, 0.3) is 0 Å². The standard InChI is InChI=1S/C21H30ClN3OS/c1-4-6-12-18-24-20(22)17(13-23-21(26)19(27)15(3)5-2)25(18)14-16-10-8-7-9-11-16/h7-11,15,19,27H,4-6,12-14H2,1-3H3,(H,23,26). The Bertz CT molecular complexity index is 733. The van der Waals surface area contributed by atoms with Crippen LogP contribution in [0.15, 0.2) is 30.3 Å². The van der Waals surface area contributed by atoms with Gasteiger partial charge in [0.1, 0.15) is 5.82 Å². The molecule has 0 fully saturated rings. The van der Waals surface area contributed by atoms with Gasteiger partial charge in [-0.05, 0) is 17.9 Å². The zero-order valence-electron chi connectivity index (χ0n) is 16.4. The molecule has 2 atom stereocenters. The first-order valence-corrected chi connectivity index (χ1v) is 10.6. The molecule has 1 amide bonds. The molecule has 4 nitrogen and oxygen atoms in total. The number of aryl methyl sites for hydroxylation is 1. The van der Waals surface area contributed by atoms with Crippen LogP contribution in [0, 0.1) is 5.92 Å². The molecule has 1 N–H and O–H groups in total. The lowest BCUT2D eigenvalue weighted by atomic mass is 10.0. The predicted molar refractivity (Wildman–Crippen MR) is 115 cm³/mol. The number of imidazole rings is 1. The third-order valence-electron chi connectivity index (χ3n) is 4.92. The Morgan fingerprint density at radius 2 is 2.00 bits per heavy atom. The van der Waals surface area contributed by atoms with E-state index in [1.165, 1.54) is 5.56 Å². The van der Waals surface area contributed by atoms with Crippen LogP contribution in [-0.2, 0) is 24.3 Å². The van der Waals surface area contributed by atoms with Crippen LogP contribution in [0.2, 0.25) is 5.15 Å². The highest BCUT2D eigenvalue weighted by atomic mass is 35.5. The molecule has 2 aromatic rings. The van der Waals surface area contributed by atoms with E-state index >= 15 is 0 Å². The fourth-order valence-electron chi connectivity index (χ4n) is 2.91. The Morgan fingerprint density at radius 3 is 2.63 bits per heavy atom. The summed E-state index contributed by atoms with van der Waals surface area (Å²) in [6, 6.07) is 10.2. The number of nitrogens with zero attached hydrogens (tertiary/aromatic N) is 2. The molecule has 0 spiro atoms. The van der Waals surface area contributed by atoms with Crippen LogP contribution in [0.5, 0.6) is 0 Å². The van der Waals surface area contributed by atoms with Gasteiger partial charge in [0.2, 0.25) is 5.91 Å². The van der Waals surface area contributed by atoms with Gasteiger partial charge in [-0.1, -0.05) is 75.5 Å². The number of hydrogen-bond acceptors (Lipinski definition) is 3. The van der Waals surface area contributed by atoms with Crippen LogP contribution in [0.3, 0.4) is 0 Å². The average molecular weight is 408 g/mol. The molecule has 0 saturated carbocycles. The molecule has 1 heterocycles. The first kappa shape index (κ1) is 21.8. The fourth-order valence-corrected chi connectivity index (χ4v) is 3.48. The Balaban J connectivity index is 2.21. The first-order chi connectivity index (χ1) is 13.0. The molecule has 2 rings (SSSR count). The highest BCUT2D eigenvalue weighted by Gasteiger charge is 2.21. The molecule has 0 aliphatic carbocycles. The second kappa shape index (κ2) is 10.8. The number of benzene rings is 1. The summed E-state index contributed by atoms with van der Waals surface area (Å²) in [5.41, 5.74) is 2.04. The second-order valence-corrected chi connectivity index (χ2v) is 7.90. The van der Waals surface area contributed by atoms with Crippen molar-refractivity contribution in [1.82, 2.24) is 14.9 Å². The molecular weight excluding hydrogens is 378 g/mol. The maximum Gasteiger partial charge on any atom is 0.233 e. The molecule has 0 radical (unpaired) electrons. The van der Waals surface area contributed by atoms with Crippen LogP contribution < -0.4 is 5.32 Å². The Morgan fingerprint density at radius 1 is 1.30 bits per heavy atom. The van der Waals surface area contributed by atoms with Crippen molar-refractivity contribution in [2.75, 3.05) is 0 Å². The Hall–Kier alpha value is -1.46. The van der Waals surface area contributed by atoms with E-state index in [1.54, 1.807) is 0 Å². The highest BCUT2D eigenvalue weighted by molar-refractivity contribution is 7.81. The van der Waals surface area contributed by atoms with Gasteiger partial charge in [0, 0.05) is 13.0 Å². The lowest BCUT2D eigenvalue weighted by Gasteiger charge is -2.18. The summed E-state index contributed by atoms with van der Waals surface area (Å²) >= 11 is 10.9. The summed E-state index contributed by atoms with van der Waals surface area (Å²) < 4.78 is 2.14. The number of nitrogens with one attached hydrogen (secondary N) is 1. The largest absolute Gasteiger partial charge is 0.349 e. The van der Waals surface area contributed by atoms with Gasteiger partial charge in [0.05, 0.1) is 17.5 Å². The number of carbonyl (C=O) groups excluding carboxylic acids is 1. The van der Waals surface area contributed by atoms with Gasteiger partial charge in [-0.2, -0.15) is 12.6 Å². The van der Waals surface area contributed by atoms with Gasteiger partial charge in [-0.25, -0.2) is 4.98 Å². The van der Waals surface area contributed by atoms with Gasteiger partial charge < -0.3 is 9.88 Å². The smallest absolute Gasteiger partial charge is 0.233 e. The molecule has 6 heteroatoms. The predicted octanol–water partition coefficient (Wildman–Crippen LogP) is 4.89. The molecule has 0 saturated heterocycles. The molecule has 1 aromatic heterocycles. The van der Waals surface area contributed by atoms with E-state index in [-0.39, 0.29) is 17.1 Å². The maximum absolute atomic E-state index is 12.4. The van der Waals surface area contributed by atoms with E-state index in [0.717, 1.165) is 37.2 Å². The summed E-state index contributed by atoms with van der Waals surface area (Å²) in [5.74, 6) is 1.13. The number of aromatic nitrogens is 2. The van der Waals surface area contributed by atoms with Gasteiger partial charge in [-0.15, -0.1) is 0 Å². The van der Waals surface area contributed by atoms with Gasteiger partial charge in [0.25, 0.3) is 0 Å². The molecule has 1 aromatic carbocycles. The Labute approximate surface area is 173 Å². The minimum Gasteiger partial charge on any atom is -0.349 e. The van der Waals surface area contributed by atoms with Crippen LogP contribution >= 0.6 is 24.2 Å². The first-order valence-electron chi connectivity index (χ1n) is 9.71. The number of halogens is 1. The van der Waals surface area contributed by atoms with Gasteiger partial charge >= 0.3 is 0 Å². The summed E-state index contributed by atoms with van der Waals surface area (Å²) in [7, 11) is 0. The summed E-state index contributed by atoms with van der Waals surface area (Å²) in [5, 5.41) is 3.14. The zero-order valence-corrected chi connectivity index (χ0v) is 18.1. The summed E-state index contributed by atoms with van der Waals surface area (Å²) in [6.07, 6.45) is 3.94. The number of hydrogen-bond donors (Lipinski definition) is 2. The highest BCUT2D eigenvalue weighted by Crippen LogP contribution is 2.21. The zero-order chi connectivity index (χ0) is 19.8. The monoisotopic (exact) mass is 407 g/mol. The SMILES string of the molecule is CCCCc1nc(Cl)c(CNC(=O)C(S)C(C)CC)n1Cc1ccccc1. The van der Waals surface area contributed by atoms with Crippen molar-refractivity contribution in [2.45, 2.75) is 64.8 Å². The number of amides is 1. The van der Waals surface area contributed by atoms with E-state index < -0.39 is 0 Å².